The summed E-state index contributed by atoms with van der Waals surface area (Å²) in [6.07, 6.45) is 1.34. The van der Waals surface area contributed by atoms with Crippen LogP contribution in [0.15, 0.2) is 23.1 Å². The van der Waals surface area contributed by atoms with Gasteiger partial charge in [0.05, 0.1) is 0 Å². The molecule has 1 aliphatic heterocycles. The van der Waals surface area contributed by atoms with E-state index in [9.17, 15) is 19.2 Å². The average molecular weight is 263 g/mol. The number of hydrogen-bond donors (Lipinski definition) is 2. The molecule has 0 saturated carbocycles. The second-order valence-corrected chi connectivity index (χ2v) is 4.77. The molecule has 1 aromatic rings. The van der Waals surface area contributed by atoms with Crippen molar-refractivity contribution in [1.29, 1.82) is 0 Å². The molecule has 0 spiro atoms. The van der Waals surface area contributed by atoms with Crippen molar-refractivity contribution in [2.24, 2.45) is 0 Å². The van der Waals surface area contributed by atoms with Crippen LogP contribution in [0.4, 0.5) is 0 Å². The standard InChI is InChI=1S/C12H13N3O4/c1-12(2)11(19)14-9(17)6-15(12)10(18)7-3-4-13-8(16)5-7/h3-5H,6H2,1-2H3,(H,13,16)(H,14,17,19). The Morgan fingerprint density at radius 3 is 2.63 bits per heavy atom. The maximum atomic E-state index is 12.3. The SMILES string of the molecule is CC1(C)C(=O)NC(=O)CN1C(=O)c1cc[nH]c(=O)c1. The smallest absolute Gasteiger partial charge is 0.255 e. The van der Waals surface area contributed by atoms with E-state index < -0.39 is 28.8 Å². The Morgan fingerprint density at radius 1 is 1.32 bits per heavy atom. The third-order valence-corrected chi connectivity index (χ3v) is 3.05. The second-order valence-electron chi connectivity index (χ2n) is 4.77. The molecule has 0 aliphatic carbocycles. The molecule has 7 heteroatoms. The van der Waals surface area contributed by atoms with Crippen LogP contribution in [-0.4, -0.2) is 39.7 Å². The zero-order valence-corrected chi connectivity index (χ0v) is 10.5. The van der Waals surface area contributed by atoms with Crippen molar-refractivity contribution in [1.82, 2.24) is 15.2 Å². The number of imide groups is 1. The van der Waals surface area contributed by atoms with Crippen molar-refractivity contribution in [3.63, 3.8) is 0 Å². The highest BCUT2D eigenvalue weighted by Gasteiger charge is 2.43. The van der Waals surface area contributed by atoms with Gasteiger partial charge in [-0.2, -0.15) is 0 Å². The molecule has 0 unspecified atom stereocenters. The van der Waals surface area contributed by atoms with Crippen LogP contribution in [0.3, 0.4) is 0 Å². The van der Waals surface area contributed by atoms with Crippen molar-refractivity contribution >= 4 is 17.7 Å². The summed E-state index contributed by atoms with van der Waals surface area (Å²) < 4.78 is 0. The van der Waals surface area contributed by atoms with Gasteiger partial charge in [0.25, 0.3) is 11.8 Å². The number of nitrogens with zero attached hydrogens (tertiary/aromatic N) is 1. The number of carbonyl (C=O) groups is 3. The monoisotopic (exact) mass is 263 g/mol. The fourth-order valence-corrected chi connectivity index (χ4v) is 1.84. The molecule has 100 valence electrons. The summed E-state index contributed by atoms with van der Waals surface area (Å²) in [5.41, 5.74) is -1.43. The Labute approximate surface area is 108 Å². The van der Waals surface area contributed by atoms with Gasteiger partial charge < -0.3 is 9.88 Å². The highest BCUT2D eigenvalue weighted by Crippen LogP contribution is 2.20. The molecule has 0 atom stereocenters. The number of hydrogen-bond acceptors (Lipinski definition) is 4. The fourth-order valence-electron chi connectivity index (χ4n) is 1.84. The minimum atomic E-state index is -1.15. The number of H-pyrrole nitrogens is 1. The minimum absolute atomic E-state index is 0.138. The number of amides is 3. The highest BCUT2D eigenvalue weighted by atomic mass is 16.2. The van der Waals surface area contributed by atoms with Crippen LogP contribution >= 0.6 is 0 Å². The molecule has 0 radical (unpaired) electrons. The average Bonchev–Trinajstić information content (AvgIpc) is 2.33. The summed E-state index contributed by atoms with van der Waals surface area (Å²) in [7, 11) is 0. The molecule has 19 heavy (non-hydrogen) atoms. The van der Waals surface area contributed by atoms with E-state index in [1.165, 1.54) is 12.3 Å². The Kier molecular flexibility index (Phi) is 2.97. The van der Waals surface area contributed by atoms with E-state index in [1.807, 2.05) is 0 Å². The van der Waals surface area contributed by atoms with Gasteiger partial charge in [-0.15, -0.1) is 0 Å². The van der Waals surface area contributed by atoms with Crippen LogP contribution in [-0.2, 0) is 9.59 Å². The lowest BCUT2D eigenvalue weighted by molar-refractivity contribution is -0.143. The van der Waals surface area contributed by atoms with Crippen LogP contribution < -0.4 is 10.9 Å². The van der Waals surface area contributed by atoms with Gasteiger partial charge in [-0.25, -0.2) is 0 Å². The van der Waals surface area contributed by atoms with Crippen molar-refractivity contribution in [2.75, 3.05) is 6.54 Å². The van der Waals surface area contributed by atoms with Gasteiger partial charge in [0, 0.05) is 17.8 Å². The Balaban J connectivity index is 2.39. The number of carbonyl (C=O) groups excluding carboxylic acids is 3. The molecule has 1 saturated heterocycles. The minimum Gasteiger partial charge on any atom is -0.329 e. The van der Waals surface area contributed by atoms with Gasteiger partial charge in [-0.1, -0.05) is 0 Å². The molecule has 0 bridgehead atoms. The second kappa shape index (κ2) is 4.34. The van der Waals surface area contributed by atoms with Crippen molar-refractivity contribution in [2.45, 2.75) is 19.4 Å². The molecule has 2 heterocycles. The van der Waals surface area contributed by atoms with E-state index in [2.05, 4.69) is 10.3 Å². The number of rotatable bonds is 1. The van der Waals surface area contributed by atoms with E-state index in [-0.39, 0.29) is 12.1 Å². The summed E-state index contributed by atoms with van der Waals surface area (Å²) in [5.74, 6) is -1.61. The summed E-state index contributed by atoms with van der Waals surface area (Å²) in [6, 6.07) is 2.56. The van der Waals surface area contributed by atoms with E-state index in [0.717, 1.165) is 11.0 Å². The molecule has 1 fully saturated rings. The number of aromatic nitrogens is 1. The first-order valence-corrected chi connectivity index (χ1v) is 5.67. The molecule has 2 rings (SSSR count). The van der Waals surface area contributed by atoms with Crippen LogP contribution in [0.2, 0.25) is 0 Å². The van der Waals surface area contributed by atoms with Gasteiger partial charge in [-0.3, -0.25) is 24.5 Å². The van der Waals surface area contributed by atoms with Crippen LogP contribution in [0.5, 0.6) is 0 Å². The molecule has 1 aliphatic rings. The van der Waals surface area contributed by atoms with Crippen LogP contribution in [0.1, 0.15) is 24.2 Å². The lowest BCUT2D eigenvalue weighted by atomic mass is 9.97. The summed E-state index contributed by atoms with van der Waals surface area (Å²) in [4.78, 5) is 50.2. The number of aromatic amines is 1. The van der Waals surface area contributed by atoms with E-state index >= 15 is 0 Å². The van der Waals surface area contributed by atoms with Gasteiger partial charge in [-0.05, 0) is 19.9 Å². The first kappa shape index (κ1) is 13.0. The first-order chi connectivity index (χ1) is 8.82. The van der Waals surface area contributed by atoms with Crippen molar-refractivity contribution < 1.29 is 14.4 Å². The first-order valence-electron chi connectivity index (χ1n) is 5.67. The molecular weight excluding hydrogens is 250 g/mol. The molecule has 7 nitrogen and oxygen atoms in total. The summed E-state index contributed by atoms with van der Waals surface area (Å²) in [5, 5.41) is 2.18. The van der Waals surface area contributed by atoms with E-state index in [1.54, 1.807) is 13.8 Å². The topological polar surface area (TPSA) is 99.3 Å². The van der Waals surface area contributed by atoms with Gasteiger partial charge in [0.1, 0.15) is 12.1 Å². The number of nitrogens with one attached hydrogen (secondary N) is 2. The zero-order chi connectivity index (χ0) is 14.2. The third kappa shape index (κ3) is 2.26. The Hall–Kier alpha value is -2.44. The van der Waals surface area contributed by atoms with Crippen LogP contribution in [0, 0.1) is 0 Å². The molecular formula is C12H13N3O4. The largest absolute Gasteiger partial charge is 0.329 e. The van der Waals surface area contributed by atoms with Gasteiger partial charge in [0.2, 0.25) is 11.5 Å². The van der Waals surface area contributed by atoms with E-state index in [0.29, 0.717) is 0 Å². The molecule has 1 aromatic heterocycles. The summed E-state index contributed by atoms with van der Waals surface area (Å²) >= 11 is 0. The number of piperazine rings is 1. The Bertz CT molecular complexity index is 617. The fraction of sp³-hybridized carbons (Fsp3) is 0.333. The summed E-state index contributed by atoms with van der Waals surface area (Å²) in [6.45, 7) is 2.87. The maximum absolute atomic E-state index is 12.3. The predicted molar refractivity (Wildman–Crippen MR) is 65.3 cm³/mol. The van der Waals surface area contributed by atoms with Crippen LogP contribution in [0.25, 0.3) is 0 Å². The quantitative estimate of drug-likeness (QED) is 0.651. The molecule has 2 N–H and O–H groups in total. The molecule has 0 aromatic carbocycles. The third-order valence-electron chi connectivity index (χ3n) is 3.05. The normalized spacial score (nSPS) is 18.1. The van der Waals surface area contributed by atoms with Crippen molar-refractivity contribution in [3.05, 3.63) is 34.2 Å². The van der Waals surface area contributed by atoms with Crippen molar-refractivity contribution in [3.8, 4) is 0 Å². The Morgan fingerprint density at radius 2 is 2.00 bits per heavy atom. The maximum Gasteiger partial charge on any atom is 0.255 e. The molecule has 3 amide bonds. The highest BCUT2D eigenvalue weighted by molar-refractivity contribution is 6.08. The predicted octanol–water partition coefficient (Wildman–Crippen LogP) is -0.748. The van der Waals surface area contributed by atoms with E-state index in [4.69, 9.17) is 0 Å². The zero-order valence-electron chi connectivity index (χ0n) is 10.5. The van der Waals surface area contributed by atoms with Gasteiger partial charge in [0.15, 0.2) is 0 Å². The lowest BCUT2D eigenvalue weighted by Crippen LogP contribution is -2.65. The van der Waals surface area contributed by atoms with Gasteiger partial charge >= 0.3 is 0 Å². The number of pyridine rings is 1. The lowest BCUT2D eigenvalue weighted by Gasteiger charge is -2.40.